The third-order valence-corrected chi connectivity index (χ3v) is 6.10. The lowest BCUT2D eigenvalue weighted by Gasteiger charge is -2.56. The van der Waals surface area contributed by atoms with Crippen molar-refractivity contribution in [2.24, 2.45) is 5.41 Å². The van der Waals surface area contributed by atoms with Gasteiger partial charge in [0.15, 0.2) is 0 Å². The molecule has 1 aliphatic heterocycles. The number of piperidine rings is 1. The number of hydrogen-bond acceptors (Lipinski definition) is 4. The maximum Gasteiger partial charge on any atom is 0.257 e. The second-order valence-electron chi connectivity index (χ2n) is 7.22. The molecule has 2 N–H and O–H groups in total. The van der Waals surface area contributed by atoms with E-state index < -0.39 is 0 Å². The van der Waals surface area contributed by atoms with Crippen molar-refractivity contribution in [2.75, 3.05) is 20.2 Å². The lowest BCUT2D eigenvalue weighted by molar-refractivity contribution is -0.199. The van der Waals surface area contributed by atoms with Gasteiger partial charge in [-0.2, -0.15) is 0 Å². The fraction of sp³-hybridized carbons (Fsp3) is 0.450. The van der Waals surface area contributed by atoms with E-state index in [9.17, 15) is 15.0 Å². The minimum Gasteiger partial charge on any atom is -0.507 e. The molecular formula is C20H23NO4. The smallest absolute Gasteiger partial charge is 0.257 e. The fourth-order valence-electron chi connectivity index (χ4n) is 4.41. The maximum absolute atomic E-state index is 12.9. The summed E-state index contributed by atoms with van der Waals surface area (Å²) in [6, 6.07) is 11.1. The predicted molar refractivity (Wildman–Crippen MR) is 94.6 cm³/mol. The number of phenols is 1. The van der Waals surface area contributed by atoms with Crippen molar-refractivity contribution in [2.45, 2.75) is 31.5 Å². The van der Waals surface area contributed by atoms with Gasteiger partial charge in [-0.15, -0.1) is 0 Å². The molecule has 25 heavy (non-hydrogen) atoms. The minimum atomic E-state index is -0.344. The summed E-state index contributed by atoms with van der Waals surface area (Å²) < 4.78 is 5.49. The number of ether oxygens (including phenoxy) is 1. The van der Waals surface area contributed by atoms with Crippen LogP contribution in [0.15, 0.2) is 36.4 Å². The van der Waals surface area contributed by atoms with E-state index in [-0.39, 0.29) is 29.3 Å². The molecule has 0 unspecified atom stereocenters. The number of hydrogen-bond donors (Lipinski definition) is 2. The molecule has 2 aromatic carbocycles. The summed E-state index contributed by atoms with van der Waals surface area (Å²) in [6.07, 6.45) is 1.87. The van der Waals surface area contributed by atoms with E-state index in [1.165, 1.54) is 0 Å². The van der Waals surface area contributed by atoms with Crippen molar-refractivity contribution in [1.82, 2.24) is 4.90 Å². The lowest BCUT2D eigenvalue weighted by atomic mass is 9.58. The molecule has 1 heterocycles. The summed E-state index contributed by atoms with van der Waals surface area (Å²) in [6.45, 7) is 1.14. The van der Waals surface area contributed by atoms with Crippen molar-refractivity contribution >= 4 is 16.7 Å². The van der Waals surface area contributed by atoms with Crippen molar-refractivity contribution in [3.63, 3.8) is 0 Å². The van der Waals surface area contributed by atoms with Gasteiger partial charge in [0.05, 0.1) is 17.8 Å². The second kappa shape index (κ2) is 6.00. The number of phenolic OH excluding ortho intramolecular Hbond substituents is 1. The first-order valence-corrected chi connectivity index (χ1v) is 8.77. The number of benzene rings is 2. The Hall–Kier alpha value is -2.11. The van der Waals surface area contributed by atoms with E-state index in [0.29, 0.717) is 25.1 Å². The Kier molecular flexibility index (Phi) is 3.93. The van der Waals surface area contributed by atoms with Gasteiger partial charge in [0, 0.05) is 32.0 Å². The molecule has 2 aromatic rings. The normalized spacial score (nSPS) is 25.1. The third kappa shape index (κ3) is 2.50. The number of likely N-dealkylation sites (tertiary alicyclic amines) is 1. The first-order valence-electron chi connectivity index (χ1n) is 8.77. The summed E-state index contributed by atoms with van der Waals surface area (Å²) in [5, 5.41) is 22.3. The van der Waals surface area contributed by atoms with Crippen LogP contribution in [0.5, 0.6) is 5.75 Å². The number of aliphatic hydroxyl groups is 1. The summed E-state index contributed by atoms with van der Waals surface area (Å²) in [5.74, 6) is -0.136. The van der Waals surface area contributed by atoms with Gasteiger partial charge in [0.25, 0.3) is 5.91 Å². The highest BCUT2D eigenvalue weighted by Gasteiger charge is 2.56. The number of fused-ring (bicyclic) bond motifs is 1. The molecule has 2 atom stereocenters. The number of aromatic hydroxyl groups is 1. The van der Waals surface area contributed by atoms with E-state index in [1.807, 2.05) is 24.3 Å². The van der Waals surface area contributed by atoms with E-state index in [1.54, 1.807) is 24.1 Å². The van der Waals surface area contributed by atoms with Crippen LogP contribution in [0.2, 0.25) is 0 Å². The predicted octanol–water partition coefficient (Wildman–Crippen LogP) is 2.55. The highest BCUT2D eigenvalue weighted by atomic mass is 16.5. The van der Waals surface area contributed by atoms with Gasteiger partial charge >= 0.3 is 0 Å². The first kappa shape index (κ1) is 16.4. The molecule has 5 heteroatoms. The topological polar surface area (TPSA) is 70.0 Å². The first-order chi connectivity index (χ1) is 12.0. The summed E-state index contributed by atoms with van der Waals surface area (Å²) in [7, 11) is 1.68. The monoisotopic (exact) mass is 341 g/mol. The molecule has 1 amide bonds. The summed E-state index contributed by atoms with van der Waals surface area (Å²) >= 11 is 0. The molecule has 1 saturated heterocycles. The van der Waals surface area contributed by atoms with Gasteiger partial charge < -0.3 is 19.8 Å². The van der Waals surface area contributed by atoms with Crippen molar-refractivity contribution in [3.8, 4) is 5.75 Å². The molecule has 132 valence electrons. The van der Waals surface area contributed by atoms with Gasteiger partial charge in [-0.25, -0.2) is 0 Å². The average Bonchev–Trinajstić information content (AvgIpc) is 2.65. The Morgan fingerprint density at radius 1 is 1.20 bits per heavy atom. The Labute approximate surface area is 146 Å². The van der Waals surface area contributed by atoms with Crippen molar-refractivity contribution in [3.05, 3.63) is 42.0 Å². The number of aliphatic hydroxyl groups excluding tert-OH is 1. The molecule has 1 aliphatic carbocycles. The van der Waals surface area contributed by atoms with Gasteiger partial charge in [0.1, 0.15) is 5.75 Å². The molecule has 0 aromatic heterocycles. The number of amides is 1. The zero-order valence-corrected chi connectivity index (χ0v) is 14.3. The maximum atomic E-state index is 12.9. The Morgan fingerprint density at radius 2 is 1.84 bits per heavy atom. The highest BCUT2D eigenvalue weighted by Crippen LogP contribution is 2.50. The van der Waals surface area contributed by atoms with Crippen molar-refractivity contribution < 1.29 is 19.7 Å². The van der Waals surface area contributed by atoms with E-state index in [0.717, 1.165) is 23.6 Å². The molecule has 5 nitrogen and oxygen atoms in total. The molecule has 1 saturated carbocycles. The third-order valence-electron chi connectivity index (χ3n) is 6.10. The Balaban J connectivity index is 1.54. The molecular weight excluding hydrogens is 318 g/mol. The van der Waals surface area contributed by atoms with Crippen LogP contribution < -0.4 is 0 Å². The molecule has 4 rings (SSSR count). The van der Waals surface area contributed by atoms with Crippen LogP contribution in [0, 0.1) is 5.41 Å². The van der Waals surface area contributed by atoms with Crippen LogP contribution >= 0.6 is 0 Å². The number of carbonyl (C=O) groups is 1. The van der Waals surface area contributed by atoms with Crippen LogP contribution in [0.3, 0.4) is 0 Å². The molecule has 0 bridgehead atoms. The number of carbonyl (C=O) groups excluding carboxylic acids is 1. The average molecular weight is 341 g/mol. The lowest BCUT2D eigenvalue weighted by Crippen LogP contribution is -2.62. The van der Waals surface area contributed by atoms with E-state index in [4.69, 9.17) is 4.74 Å². The van der Waals surface area contributed by atoms with Crippen molar-refractivity contribution in [1.29, 1.82) is 0 Å². The number of methoxy groups -OCH3 is 1. The molecule has 1 spiro atoms. The van der Waals surface area contributed by atoms with Gasteiger partial charge in [-0.3, -0.25) is 4.79 Å². The molecule has 2 aliphatic rings. The Morgan fingerprint density at radius 3 is 2.44 bits per heavy atom. The number of rotatable bonds is 2. The van der Waals surface area contributed by atoms with Gasteiger partial charge in [-0.05, 0) is 35.7 Å². The van der Waals surface area contributed by atoms with Crippen LogP contribution in [0.1, 0.15) is 29.6 Å². The van der Waals surface area contributed by atoms with Crippen LogP contribution in [-0.2, 0) is 4.74 Å². The zero-order valence-electron chi connectivity index (χ0n) is 14.3. The fourth-order valence-corrected chi connectivity index (χ4v) is 4.41. The van der Waals surface area contributed by atoms with Crippen LogP contribution in [-0.4, -0.2) is 53.4 Å². The summed E-state index contributed by atoms with van der Waals surface area (Å²) in [5.41, 5.74) is 0.129. The largest absolute Gasteiger partial charge is 0.507 e. The van der Waals surface area contributed by atoms with Crippen LogP contribution in [0.25, 0.3) is 10.8 Å². The van der Waals surface area contributed by atoms with Crippen LogP contribution in [0.4, 0.5) is 0 Å². The Bertz CT molecular complexity index is 810. The highest BCUT2D eigenvalue weighted by molar-refractivity contribution is 6.01. The second-order valence-corrected chi connectivity index (χ2v) is 7.22. The number of nitrogens with zero attached hydrogens (tertiary/aromatic N) is 1. The zero-order chi connectivity index (χ0) is 17.6. The quantitative estimate of drug-likeness (QED) is 0.881. The molecule has 0 radical (unpaired) electrons. The van der Waals surface area contributed by atoms with Gasteiger partial charge in [-0.1, -0.05) is 24.3 Å². The standard InChI is InChI=1S/C20H23NO4/c1-25-18-12-17(23)20(18)6-8-21(9-7-20)19(24)15-10-13-4-2-3-5-14(13)11-16(15)22/h2-5,10-11,17-18,22-23H,6-9,12H2,1H3/t17-,18+/m1/s1. The summed E-state index contributed by atoms with van der Waals surface area (Å²) in [4.78, 5) is 14.7. The SMILES string of the molecule is CO[C@H]1C[C@@H](O)C12CCN(C(=O)c1cc3ccccc3cc1O)CC2. The van der Waals surface area contributed by atoms with E-state index >= 15 is 0 Å². The van der Waals surface area contributed by atoms with Gasteiger partial charge in [0.2, 0.25) is 0 Å². The molecule has 2 fully saturated rings. The minimum absolute atomic E-state index is 0.0161. The van der Waals surface area contributed by atoms with E-state index in [2.05, 4.69) is 0 Å².